The van der Waals surface area contributed by atoms with Crippen molar-refractivity contribution in [1.82, 2.24) is 10.6 Å². The summed E-state index contributed by atoms with van der Waals surface area (Å²) in [4.78, 5) is 6.66. The van der Waals surface area contributed by atoms with Crippen LogP contribution in [0.1, 0.15) is 22.6 Å². The molecule has 1 aliphatic heterocycles. The van der Waals surface area contributed by atoms with E-state index in [1.165, 1.54) is 16.0 Å². The minimum Gasteiger partial charge on any atom is -0.381 e. The van der Waals surface area contributed by atoms with Crippen molar-refractivity contribution in [3.05, 3.63) is 21.9 Å². The van der Waals surface area contributed by atoms with Crippen molar-refractivity contribution in [2.45, 2.75) is 31.1 Å². The zero-order valence-corrected chi connectivity index (χ0v) is 18.3. The highest BCUT2D eigenvalue weighted by molar-refractivity contribution is 14.0. The van der Waals surface area contributed by atoms with Crippen LogP contribution in [0.15, 0.2) is 17.1 Å². The van der Waals surface area contributed by atoms with Gasteiger partial charge in [-0.2, -0.15) is 0 Å². The van der Waals surface area contributed by atoms with Gasteiger partial charge in [0.15, 0.2) is 15.8 Å². The van der Waals surface area contributed by atoms with Crippen LogP contribution in [0.5, 0.6) is 0 Å². The van der Waals surface area contributed by atoms with Crippen LogP contribution in [-0.4, -0.2) is 52.2 Å². The number of hydrogen-bond donors (Lipinski definition) is 2. The lowest BCUT2D eigenvalue weighted by atomic mass is 9.99. The van der Waals surface area contributed by atoms with E-state index in [0.717, 1.165) is 0 Å². The van der Waals surface area contributed by atoms with Gasteiger partial charge in [-0.3, -0.25) is 4.99 Å². The lowest BCUT2D eigenvalue weighted by molar-refractivity contribution is 0.0756. The van der Waals surface area contributed by atoms with E-state index in [1.807, 2.05) is 0 Å². The Bertz CT molecular complexity index is 653. The van der Waals surface area contributed by atoms with Gasteiger partial charge >= 0.3 is 0 Å². The summed E-state index contributed by atoms with van der Waals surface area (Å²) in [6.45, 7) is 4.05. The normalized spacial score (nSPS) is 17.9. The Hall–Kier alpha value is -0.390. The quantitative estimate of drug-likeness (QED) is 0.377. The first-order valence-electron chi connectivity index (χ1n) is 7.63. The third-order valence-corrected chi connectivity index (χ3v) is 7.34. The van der Waals surface area contributed by atoms with Crippen molar-refractivity contribution in [3.8, 4) is 0 Å². The Morgan fingerprint density at radius 2 is 2.00 bits per heavy atom. The molecular formula is C15H26IN3O3S2. The monoisotopic (exact) mass is 487 g/mol. The third kappa shape index (κ3) is 5.57. The van der Waals surface area contributed by atoms with E-state index in [4.69, 9.17) is 4.74 Å². The summed E-state index contributed by atoms with van der Waals surface area (Å²) in [6, 6.07) is 4.16. The fourth-order valence-corrected chi connectivity index (χ4v) is 4.71. The van der Waals surface area contributed by atoms with Gasteiger partial charge in [-0.05, 0) is 31.9 Å². The van der Waals surface area contributed by atoms with Crippen LogP contribution in [0.4, 0.5) is 0 Å². The molecule has 138 valence electrons. The molecule has 2 N–H and O–H groups in total. The minimum absolute atomic E-state index is 0. The molecule has 0 amide bonds. The summed E-state index contributed by atoms with van der Waals surface area (Å²) < 4.78 is 29.0. The number of sulfone groups is 1. The molecule has 24 heavy (non-hydrogen) atoms. The molecular weight excluding hydrogens is 461 g/mol. The minimum atomic E-state index is -3.18. The van der Waals surface area contributed by atoms with Gasteiger partial charge in [-0.1, -0.05) is 0 Å². The lowest BCUT2D eigenvalue weighted by Gasteiger charge is -2.35. The van der Waals surface area contributed by atoms with Gasteiger partial charge in [0.2, 0.25) is 0 Å². The Balaban J connectivity index is 0.00000288. The fourth-order valence-electron chi connectivity index (χ4n) is 2.64. The molecule has 1 aromatic heterocycles. The van der Waals surface area contributed by atoms with Gasteiger partial charge in [0.05, 0.1) is 11.3 Å². The number of aliphatic imine (C=N–C) groups is 1. The second-order valence-corrected chi connectivity index (χ2v) is 9.64. The summed E-state index contributed by atoms with van der Waals surface area (Å²) in [6.07, 6.45) is 2.34. The summed E-state index contributed by atoms with van der Waals surface area (Å²) >= 11 is 1.73. The molecule has 0 unspecified atom stereocenters. The number of aryl methyl sites for hydroxylation is 1. The molecule has 6 nitrogen and oxygen atoms in total. The highest BCUT2D eigenvalue weighted by atomic mass is 127. The fraction of sp³-hybridized carbons (Fsp3) is 0.667. The number of guanidine groups is 1. The average molecular weight is 487 g/mol. The van der Waals surface area contributed by atoms with E-state index in [9.17, 15) is 8.42 Å². The first-order chi connectivity index (χ1) is 10.9. The molecule has 0 aromatic carbocycles. The van der Waals surface area contributed by atoms with Crippen molar-refractivity contribution >= 4 is 51.1 Å². The summed E-state index contributed by atoms with van der Waals surface area (Å²) in [5, 5.41) is 6.40. The third-order valence-electron chi connectivity index (χ3n) is 4.22. The maximum atomic E-state index is 12.2. The van der Waals surface area contributed by atoms with Crippen LogP contribution in [0, 0.1) is 6.92 Å². The number of hydrogen-bond acceptors (Lipinski definition) is 5. The molecule has 0 atom stereocenters. The smallest absolute Gasteiger partial charge is 0.191 e. The maximum Gasteiger partial charge on any atom is 0.191 e. The Morgan fingerprint density at radius 3 is 2.50 bits per heavy atom. The topological polar surface area (TPSA) is 79.8 Å². The van der Waals surface area contributed by atoms with Crippen molar-refractivity contribution in [2.24, 2.45) is 4.99 Å². The SMILES string of the molecule is CN=C(NCc1ccc(C)s1)NCC1(S(C)(=O)=O)CCOCC1.I. The predicted octanol–water partition coefficient (Wildman–Crippen LogP) is 1.93. The number of nitrogens with one attached hydrogen (secondary N) is 2. The van der Waals surface area contributed by atoms with Crippen LogP contribution in [0.25, 0.3) is 0 Å². The Labute approximate surface area is 165 Å². The molecule has 1 aromatic rings. The number of halogens is 1. The van der Waals surface area contributed by atoms with Gasteiger partial charge in [0, 0.05) is 42.8 Å². The van der Waals surface area contributed by atoms with E-state index in [2.05, 4.69) is 34.7 Å². The van der Waals surface area contributed by atoms with Crippen molar-refractivity contribution in [2.75, 3.05) is 33.1 Å². The highest BCUT2D eigenvalue weighted by Gasteiger charge is 2.42. The van der Waals surface area contributed by atoms with Gasteiger partial charge in [-0.25, -0.2) is 8.42 Å². The van der Waals surface area contributed by atoms with Crippen LogP contribution in [0.2, 0.25) is 0 Å². The molecule has 2 heterocycles. The maximum absolute atomic E-state index is 12.2. The Morgan fingerprint density at radius 1 is 1.33 bits per heavy atom. The van der Waals surface area contributed by atoms with E-state index in [-0.39, 0.29) is 24.0 Å². The molecule has 2 rings (SSSR count). The summed E-state index contributed by atoms with van der Waals surface area (Å²) in [5.74, 6) is 0.616. The Kier molecular flexibility index (Phi) is 8.43. The molecule has 0 saturated carbocycles. The van der Waals surface area contributed by atoms with Gasteiger partial charge in [0.25, 0.3) is 0 Å². The molecule has 0 bridgehead atoms. The summed E-state index contributed by atoms with van der Waals surface area (Å²) in [5.41, 5.74) is 0. The van der Waals surface area contributed by atoms with Crippen LogP contribution < -0.4 is 10.6 Å². The van der Waals surface area contributed by atoms with E-state index in [0.29, 0.717) is 45.1 Å². The molecule has 1 saturated heterocycles. The first-order valence-corrected chi connectivity index (χ1v) is 10.3. The highest BCUT2D eigenvalue weighted by Crippen LogP contribution is 2.28. The second kappa shape index (κ2) is 9.35. The van der Waals surface area contributed by atoms with Gasteiger partial charge in [-0.15, -0.1) is 35.3 Å². The average Bonchev–Trinajstić information content (AvgIpc) is 2.93. The van der Waals surface area contributed by atoms with E-state index in [1.54, 1.807) is 18.4 Å². The number of rotatable bonds is 5. The second-order valence-electron chi connectivity index (χ2n) is 5.86. The van der Waals surface area contributed by atoms with E-state index >= 15 is 0 Å². The lowest BCUT2D eigenvalue weighted by Crippen LogP contribution is -2.53. The van der Waals surface area contributed by atoms with E-state index < -0.39 is 14.6 Å². The van der Waals surface area contributed by atoms with Crippen LogP contribution in [0.3, 0.4) is 0 Å². The van der Waals surface area contributed by atoms with Gasteiger partial charge < -0.3 is 15.4 Å². The standard InChI is InChI=1S/C15H25N3O3S2.HI/c1-12-4-5-13(22-12)10-17-14(16-2)18-11-15(23(3,19)20)6-8-21-9-7-15;/h4-5H,6-11H2,1-3H3,(H2,16,17,18);1H. The molecule has 9 heteroatoms. The van der Waals surface area contributed by atoms with Crippen molar-refractivity contribution in [3.63, 3.8) is 0 Å². The molecule has 0 spiro atoms. The summed E-state index contributed by atoms with van der Waals surface area (Å²) in [7, 11) is -1.49. The molecule has 1 fully saturated rings. The van der Waals surface area contributed by atoms with Crippen molar-refractivity contribution in [1.29, 1.82) is 0 Å². The zero-order valence-electron chi connectivity index (χ0n) is 14.3. The predicted molar refractivity (Wildman–Crippen MR) is 110 cm³/mol. The zero-order chi connectivity index (χ0) is 16.9. The number of ether oxygens (including phenoxy) is 1. The largest absolute Gasteiger partial charge is 0.381 e. The van der Waals surface area contributed by atoms with Gasteiger partial charge in [0.1, 0.15) is 0 Å². The molecule has 0 aliphatic carbocycles. The number of nitrogens with zero attached hydrogens (tertiary/aromatic N) is 1. The molecule has 1 aliphatic rings. The number of thiophene rings is 1. The molecule has 0 radical (unpaired) electrons. The van der Waals surface area contributed by atoms with Crippen molar-refractivity contribution < 1.29 is 13.2 Å². The van der Waals surface area contributed by atoms with Crippen LogP contribution in [-0.2, 0) is 21.1 Å². The van der Waals surface area contributed by atoms with Crippen LogP contribution >= 0.6 is 35.3 Å². The first kappa shape index (κ1) is 21.7.